The van der Waals surface area contributed by atoms with Crippen molar-refractivity contribution in [3.05, 3.63) is 40.9 Å². The van der Waals surface area contributed by atoms with Crippen molar-refractivity contribution in [2.24, 2.45) is 0 Å². The highest BCUT2D eigenvalue weighted by molar-refractivity contribution is 6.35. The molecule has 0 spiro atoms. The first-order chi connectivity index (χ1) is 8.49. The molecule has 94 valence electrons. The van der Waals surface area contributed by atoms with Crippen molar-refractivity contribution in [2.45, 2.75) is 0 Å². The molecule has 2 rings (SSSR count). The van der Waals surface area contributed by atoms with E-state index in [1.165, 1.54) is 0 Å². The molecule has 0 saturated heterocycles. The average Bonchev–Trinajstić information content (AvgIpc) is 2.31. The van der Waals surface area contributed by atoms with Gasteiger partial charge >= 0.3 is 0 Å². The van der Waals surface area contributed by atoms with Crippen LogP contribution in [0.15, 0.2) is 18.5 Å². The van der Waals surface area contributed by atoms with Crippen molar-refractivity contribution in [3.63, 3.8) is 0 Å². The van der Waals surface area contributed by atoms with Gasteiger partial charge in [-0.05, 0) is 0 Å². The van der Waals surface area contributed by atoms with Crippen LogP contribution >= 0.6 is 11.6 Å². The van der Waals surface area contributed by atoms with Gasteiger partial charge in [0.25, 0.3) is 0 Å². The van der Waals surface area contributed by atoms with E-state index in [1.54, 1.807) is 0 Å². The van der Waals surface area contributed by atoms with E-state index in [9.17, 15) is 13.2 Å². The summed E-state index contributed by atoms with van der Waals surface area (Å²) in [5.41, 5.74) is 4.97. The van der Waals surface area contributed by atoms with E-state index in [0.29, 0.717) is 6.07 Å². The minimum atomic E-state index is -1.32. The third-order valence-corrected chi connectivity index (χ3v) is 2.44. The van der Waals surface area contributed by atoms with Gasteiger partial charge in [0.15, 0.2) is 17.5 Å². The lowest BCUT2D eigenvalue weighted by Gasteiger charge is -2.09. The Hall–Kier alpha value is -2.02. The quantitative estimate of drug-likeness (QED) is 0.827. The molecule has 0 radical (unpaired) electrons. The Balaban J connectivity index is 2.43. The first-order valence-electron chi connectivity index (χ1n) is 4.66. The van der Waals surface area contributed by atoms with Crippen LogP contribution in [-0.4, -0.2) is 9.97 Å². The molecule has 0 aliphatic rings. The summed E-state index contributed by atoms with van der Waals surface area (Å²) in [5.74, 6) is -3.59. The Morgan fingerprint density at radius 2 is 1.89 bits per heavy atom. The molecule has 8 heteroatoms. The van der Waals surface area contributed by atoms with E-state index in [-0.39, 0.29) is 16.7 Å². The van der Waals surface area contributed by atoms with E-state index < -0.39 is 23.1 Å². The third-order valence-electron chi connectivity index (χ3n) is 2.06. The van der Waals surface area contributed by atoms with Crippen molar-refractivity contribution in [1.82, 2.24) is 9.97 Å². The van der Waals surface area contributed by atoms with Gasteiger partial charge in [0.2, 0.25) is 0 Å². The van der Waals surface area contributed by atoms with Crippen LogP contribution in [0.4, 0.5) is 30.5 Å². The molecule has 4 nitrogen and oxygen atoms in total. The topological polar surface area (TPSA) is 63.8 Å². The highest BCUT2D eigenvalue weighted by atomic mass is 35.5. The fourth-order valence-corrected chi connectivity index (χ4v) is 1.39. The van der Waals surface area contributed by atoms with Gasteiger partial charge in [-0.3, -0.25) is 0 Å². The molecule has 0 unspecified atom stereocenters. The van der Waals surface area contributed by atoms with Crippen LogP contribution < -0.4 is 11.1 Å². The van der Waals surface area contributed by atoms with Gasteiger partial charge in [0.05, 0.1) is 5.69 Å². The number of nitrogen functional groups attached to an aromatic ring is 1. The predicted octanol–water partition coefficient (Wildman–Crippen LogP) is 2.87. The zero-order valence-corrected chi connectivity index (χ0v) is 9.47. The molecule has 0 bridgehead atoms. The molecule has 1 aromatic heterocycles. The van der Waals surface area contributed by atoms with Gasteiger partial charge in [-0.2, -0.15) is 0 Å². The summed E-state index contributed by atoms with van der Waals surface area (Å²) in [4.78, 5) is 7.28. The minimum Gasteiger partial charge on any atom is -0.382 e. The van der Waals surface area contributed by atoms with Crippen LogP contribution in [0, 0.1) is 17.5 Å². The smallest absolute Gasteiger partial charge is 0.182 e. The molecular formula is C10H6ClF3N4. The molecule has 0 saturated carbocycles. The summed E-state index contributed by atoms with van der Waals surface area (Å²) in [5, 5.41) is 2.28. The fourth-order valence-electron chi connectivity index (χ4n) is 1.25. The number of aromatic nitrogens is 2. The molecule has 0 fully saturated rings. The Morgan fingerprint density at radius 3 is 2.61 bits per heavy atom. The predicted molar refractivity (Wildman–Crippen MR) is 61.1 cm³/mol. The molecule has 1 aromatic carbocycles. The average molecular weight is 275 g/mol. The molecule has 0 amide bonds. The first-order valence-corrected chi connectivity index (χ1v) is 5.04. The van der Waals surface area contributed by atoms with Crippen LogP contribution in [0.5, 0.6) is 0 Å². The van der Waals surface area contributed by atoms with Gasteiger partial charge in [-0.25, -0.2) is 23.1 Å². The zero-order valence-electron chi connectivity index (χ0n) is 8.72. The number of halogens is 4. The van der Waals surface area contributed by atoms with Gasteiger partial charge in [-0.15, -0.1) is 0 Å². The van der Waals surface area contributed by atoms with Crippen molar-refractivity contribution >= 4 is 28.9 Å². The summed E-state index contributed by atoms with van der Waals surface area (Å²) in [6.07, 6.45) is 1.08. The van der Waals surface area contributed by atoms with Crippen molar-refractivity contribution < 1.29 is 13.2 Å². The summed E-state index contributed by atoms with van der Waals surface area (Å²) < 4.78 is 39.3. The summed E-state index contributed by atoms with van der Waals surface area (Å²) in [6.45, 7) is 0. The first kappa shape index (κ1) is 12.4. The van der Waals surface area contributed by atoms with Crippen molar-refractivity contribution in [2.75, 3.05) is 11.1 Å². The van der Waals surface area contributed by atoms with Gasteiger partial charge < -0.3 is 11.1 Å². The molecule has 2 aromatic rings. The molecule has 0 atom stereocenters. The van der Waals surface area contributed by atoms with Crippen LogP contribution in [0.1, 0.15) is 0 Å². The van der Waals surface area contributed by atoms with Crippen LogP contribution in [0.25, 0.3) is 0 Å². The lowest BCUT2D eigenvalue weighted by molar-refractivity contribution is 0.498. The van der Waals surface area contributed by atoms with E-state index >= 15 is 0 Å². The molecule has 0 aliphatic heterocycles. The van der Waals surface area contributed by atoms with Crippen molar-refractivity contribution in [3.8, 4) is 0 Å². The molecule has 1 heterocycles. The molecule has 18 heavy (non-hydrogen) atoms. The van der Waals surface area contributed by atoms with Crippen LogP contribution in [0.3, 0.4) is 0 Å². The Bertz CT molecular complexity index is 606. The van der Waals surface area contributed by atoms with Crippen molar-refractivity contribution in [1.29, 1.82) is 0 Å². The monoisotopic (exact) mass is 274 g/mol. The second-order valence-corrected chi connectivity index (χ2v) is 3.67. The summed E-state index contributed by atoms with van der Waals surface area (Å²) in [7, 11) is 0. The lowest BCUT2D eigenvalue weighted by Crippen LogP contribution is -2.02. The Labute approximate surface area is 105 Å². The number of rotatable bonds is 2. The van der Waals surface area contributed by atoms with Gasteiger partial charge in [0.1, 0.15) is 23.0 Å². The van der Waals surface area contributed by atoms with Crippen LogP contribution in [-0.2, 0) is 0 Å². The molecular weight excluding hydrogens is 269 g/mol. The molecule has 0 aliphatic carbocycles. The Kier molecular flexibility index (Phi) is 3.24. The fraction of sp³-hybridized carbons (Fsp3) is 0. The maximum Gasteiger partial charge on any atom is 0.182 e. The normalized spacial score (nSPS) is 10.4. The number of anilines is 3. The third kappa shape index (κ3) is 2.30. The Morgan fingerprint density at radius 1 is 1.17 bits per heavy atom. The van der Waals surface area contributed by atoms with E-state index in [0.717, 1.165) is 12.4 Å². The highest BCUT2D eigenvalue weighted by Crippen LogP contribution is 2.28. The second-order valence-electron chi connectivity index (χ2n) is 3.30. The maximum absolute atomic E-state index is 13.4. The second kappa shape index (κ2) is 4.69. The number of hydrogen-bond donors (Lipinski definition) is 2. The SMILES string of the molecule is Nc1ncnc(Nc2cc(F)cc(F)c2F)c1Cl. The zero-order chi connectivity index (χ0) is 13.3. The standard InChI is InChI=1S/C10H6ClF3N4/c11-7-9(15)16-3-17-10(7)18-6-2-4(12)1-5(13)8(6)14/h1-3H,(H3,15,16,17,18). The lowest BCUT2D eigenvalue weighted by atomic mass is 10.3. The highest BCUT2D eigenvalue weighted by Gasteiger charge is 2.14. The number of nitrogens with zero attached hydrogens (tertiary/aromatic N) is 2. The van der Waals surface area contributed by atoms with Crippen LogP contribution in [0.2, 0.25) is 5.02 Å². The number of nitrogens with one attached hydrogen (secondary N) is 1. The minimum absolute atomic E-state index is 0.0357. The number of hydrogen-bond acceptors (Lipinski definition) is 4. The maximum atomic E-state index is 13.4. The summed E-state index contributed by atoms with van der Waals surface area (Å²) >= 11 is 5.75. The van der Waals surface area contributed by atoms with Gasteiger partial charge in [0, 0.05) is 12.1 Å². The van der Waals surface area contributed by atoms with E-state index in [1.807, 2.05) is 0 Å². The number of benzene rings is 1. The van der Waals surface area contributed by atoms with E-state index in [2.05, 4.69) is 15.3 Å². The van der Waals surface area contributed by atoms with Gasteiger partial charge in [-0.1, -0.05) is 11.6 Å². The molecule has 3 N–H and O–H groups in total. The largest absolute Gasteiger partial charge is 0.382 e. The summed E-state index contributed by atoms with van der Waals surface area (Å²) in [6, 6.07) is 1.20. The number of nitrogens with two attached hydrogens (primary N) is 1. The van der Waals surface area contributed by atoms with E-state index in [4.69, 9.17) is 17.3 Å².